The van der Waals surface area contributed by atoms with Gasteiger partial charge in [-0.25, -0.2) is 4.79 Å². The van der Waals surface area contributed by atoms with Gasteiger partial charge in [0.15, 0.2) is 0 Å². The summed E-state index contributed by atoms with van der Waals surface area (Å²) in [6, 6.07) is 4.56. The minimum absolute atomic E-state index is 0.114. The highest BCUT2D eigenvalue weighted by Gasteiger charge is 2.29. The molecule has 0 saturated carbocycles. The van der Waals surface area contributed by atoms with Gasteiger partial charge in [-0.1, -0.05) is 0 Å². The van der Waals surface area contributed by atoms with E-state index in [0.29, 0.717) is 10.6 Å². The van der Waals surface area contributed by atoms with Crippen LogP contribution in [0.5, 0.6) is 5.75 Å². The van der Waals surface area contributed by atoms with Gasteiger partial charge in [-0.15, -0.1) is 11.3 Å². The second-order valence-corrected chi connectivity index (χ2v) is 6.97. The van der Waals surface area contributed by atoms with Crippen LogP contribution in [-0.4, -0.2) is 54.0 Å². The first-order chi connectivity index (χ1) is 12.3. The van der Waals surface area contributed by atoms with E-state index >= 15 is 0 Å². The van der Waals surface area contributed by atoms with Crippen LogP contribution in [-0.2, 0) is 9.59 Å². The third kappa shape index (κ3) is 4.13. The first-order valence-electron chi connectivity index (χ1n) is 8.11. The van der Waals surface area contributed by atoms with E-state index in [1.54, 1.807) is 7.11 Å². The number of hydrogen-bond acceptors (Lipinski definition) is 5. The number of ether oxygens (including phenoxy) is 1. The first-order valence-corrected chi connectivity index (χ1v) is 8.93. The van der Waals surface area contributed by atoms with Gasteiger partial charge >= 0.3 is 5.97 Å². The second kappa shape index (κ2) is 8.18. The number of carboxylic acid groups (broad SMARTS) is 1. The fraction of sp³-hybridized carbons (Fsp3) is 0.389. The molecule has 2 N–H and O–H groups in total. The molecular weight excluding hydrogens is 356 g/mol. The number of nitrogens with one attached hydrogen (secondary N) is 1. The number of amides is 2. The Bertz CT molecular complexity index is 845. The van der Waals surface area contributed by atoms with E-state index in [2.05, 4.69) is 5.32 Å². The Hall–Kier alpha value is -2.61. The fourth-order valence-electron chi connectivity index (χ4n) is 2.62. The second-order valence-electron chi connectivity index (χ2n) is 5.91. The number of rotatable bonds is 7. The molecule has 26 heavy (non-hydrogen) atoms. The van der Waals surface area contributed by atoms with Crippen molar-refractivity contribution in [3.05, 3.63) is 28.6 Å². The van der Waals surface area contributed by atoms with Crippen molar-refractivity contribution in [1.29, 1.82) is 0 Å². The summed E-state index contributed by atoms with van der Waals surface area (Å²) in [5.74, 6) is -0.992. The number of carboxylic acids is 1. The highest BCUT2D eigenvalue weighted by molar-refractivity contribution is 7.21. The standard InChI is InChI=1S/C18H22N2O5S/c1-10-14-9-13(25-4)5-6-15(14)26-16(10)17(22)20(11(2)18(23)24)8-7-19-12(3)21/h5-6,9,11H,7-8H2,1-4H3,(H,19,21)(H,23,24). The van der Waals surface area contributed by atoms with E-state index in [4.69, 9.17) is 4.74 Å². The summed E-state index contributed by atoms with van der Waals surface area (Å²) >= 11 is 1.32. The summed E-state index contributed by atoms with van der Waals surface area (Å²) in [7, 11) is 1.58. The minimum atomic E-state index is -1.10. The number of hydrogen-bond donors (Lipinski definition) is 2. The molecule has 1 aromatic heterocycles. The Labute approximate surface area is 155 Å². The van der Waals surface area contributed by atoms with Crippen LogP contribution in [0.4, 0.5) is 0 Å². The van der Waals surface area contributed by atoms with Gasteiger partial charge < -0.3 is 20.1 Å². The maximum Gasteiger partial charge on any atom is 0.326 e. The smallest absolute Gasteiger partial charge is 0.326 e. The number of carbonyl (C=O) groups is 3. The van der Waals surface area contributed by atoms with Crippen LogP contribution in [0.2, 0.25) is 0 Å². The van der Waals surface area contributed by atoms with Crippen LogP contribution in [0.15, 0.2) is 18.2 Å². The SMILES string of the molecule is COc1ccc2sc(C(=O)N(CCNC(C)=O)C(C)C(=O)O)c(C)c2c1. The molecule has 0 radical (unpaired) electrons. The van der Waals surface area contributed by atoms with Gasteiger partial charge in [0.25, 0.3) is 5.91 Å². The molecule has 2 amide bonds. The zero-order chi connectivity index (χ0) is 19.4. The van der Waals surface area contributed by atoms with Crippen LogP contribution in [0, 0.1) is 6.92 Å². The van der Waals surface area contributed by atoms with Crippen LogP contribution < -0.4 is 10.1 Å². The van der Waals surface area contributed by atoms with Gasteiger partial charge in [0.1, 0.15) is 11.8 Å². The van der Waals surface area contributed by atoms with E-state index in [0.717, 1.165) is 15.6 Å². The van der Waals surface area contributed by atoms with Gasteiger partial charge in [-0.3, -0.25) is 9.59 Å². The number of carbonyl (C=O) groups excluding carboxylic acids is 2. The fourth-order valence-corrected chi connectivity index (χ4v) is 3.76. The third-order valence-corrected chi connectivity index (χ3v) is 5.41. The van der Waals surface area contributed by atoms with E-state index in [-0.39, 0.29) is 24.9 Å². The van der Waals surface area contributed by atoms with Crippen LogP contribution >= 0.6 is 11.3 Å². The number of thiophene rings is 1. The average molecular weight is 378 g/mol. The highest BCUT2D eigenvalue weighted by atomic mass is 32.1. The maximum absolute atomic E-state index is 13.0. The molecular formula is C18H22N2O5S. The van der Waals surface area contributed by atoms with Crippen molar-refractivity contribution in [2.75, 3.05) is 20.2 Å². The molecule has 140 valence electrons. The molecule has 1 heterocycles. The normalized spacial score (nSPS) is 11.8. The zero-order valence-electron chi connectivity index (χ0n) is 15.2. The Balaban J connectivity index is 2.37. The van der Waals surface area contributed by atoms with Crippen molar-refractivity contribution < 1.29 is 24.2 Å². The van der Waals surface area contributed by atoms with Gasteiger partial charge in [-0.05, 0) is 43.0 Å². The highest BCUT2D eigenvalue weighted by Crippen LogP contribution is 2.34. The molecule has 0 aliphatic rings. The molecule has 1 atom stereocenters. The Kier molecular flexibility index (Phi) is 6.20. The molecule has 0 bridgehead atoms. The molecule has 0 saturated heterocycles. The first kappa shape index (κ1) is 19.7. The maximum atomic E-state index is 13.0. The van der Waals surface area contributed by atoms with Crippen molar-refractivity contribution >= 4 is 39.2 Å². The predicted octanol–water partition coefficient (Wildman–Crippen LogP) is 2.27. The van der Waals surface area contributed by atoms with Crippen molar-refractivity contribution in [1.82, 2.24) is 10.2 Å². The number of aliphatic carboxylic acids is 1. The molecule has 1 aromatic carbocycles. The van der Waals surface area contributed by atoms with Crippen molar-refractivity contribution in [3.63, 3.8) is 0 Å². The Morgan fingerprint density at radius 2 is 2.04 bits per heavy atom. The lowest BCUT2D eigenvalue weighted by atomic mass is 10.1. The summed E-state index contributed by atoms with van der Waals surface area (Å²) in [5, 5.41) is 12.8. The molecule has 8 heteroatoms. The van der Waals surface area contributed by atoms with Gasteiger partial charge in [0.2, 0.25) is 5.91 Å². The molecule has 0 fully saturated rings. The number of aryl methyl sites for hydroxylation is 1. The molecule has 0 aliphatic heterocycles. The third-order valence-electron chi connectivity index (χ3n) is 4.15. The number of fused-ring (bicyclic) bond motifs is 1. The van der Waals surface area contributed by atoms with E-state index in [1.807, 2.05) is 25.1 Å². The molecule has 0 aliphatic carbocycles. The Morgan fingerprint density at radius 3 is 2.62 bits per heavy atom. The van der Waals surface area contributed by atoms with Crippen LogP contribution in [0.25, 0.3) is 10.1 Å². The van der Waals surface area contributed by atoms with Crippen LogP contribution in [0.3, 0.4) is 0 Å². The summed E-state index contributed by atoms with van der Waals surface area (Å²) in [5.41, 5.74) is 0.788. The van der Waals surface area contributed by atoms with Crippen LogP contribution in [0.1, 0.15) is 29.1 Å². The monoisotopic (exact) mass is 378 g/mol. The molecule has 0 spiro atoms. The lowest BCUT2D eigenvalue weighted by molar-refractivity contribution is -0.141. The van der Waals surface area contributed by atoms with E-state index < -0.39 is 12.0 Å². The Morgan fingerprint density at radius 1 is 1.35 bits per heavy atom. The molecule has 2 rings (SSSR count). The summed E-state index contributed by atoms with van der Waals surface area (Å²) in [6.45, 7) is 4.97. The number of nitrogens with zero attached hydrogens (tertiary/aromatic N) is 1. The quantitative estimate of drug-likeness (QED) is 0.770. The van der Waals surface area contributed by atoms with Crippen molar-refractivity contribution in [3.8, 4) is 5.75 Å². The molecule has 1 unspecified atom stereocenters. The van der Waals surface area contributed by atoms with Crippen molar-refractivity contribution in [2.24, 2.45) is 0 Å². The lowest BCUT2D eigenvalue weighted by Crippen LogP contribution is -2.46. The average Bonchev–Trinajstić information content (AvgIpc) is 2.93. The van der Waals surface area contributed by atoms with Gasteiger partial charge in [0.05, 0.1) is 12.0 Å². The number of methoxy groups -OCH3 is 1. The van der Waals surface area contributed by atoms with Gasteiger partial charge in [0, 0.05) is 24.7 Å². The lowest BCUT2D eigenvalue weighted by Gasteiger charge is -2.26. The van der Waals surface area contributed by atoms with E-state index in [9.17, 15) is 19.5 Å². The largest absolute Gasteiger partial charge is 0.497 e. The van der Waals surface area contributed by atoms with Gasteiger partial charge in [-0.2, -0.15) is 0 Å². The zero-order valence-corrected chi connectivity index (χ0v) is 16.0. The summed E-state index contributed by atoms with van der Waals surface area (Å²) in [4.78, 5) is 37.3. The molecule has 7 nitrogen and oxygen atoms in total. The van der Waals surface area contributed by atoms with E-state index in [1.165, 1.54) is 30.1 Å². The summed E-state index contributed by atoms with van der Waals surface area (Å²) < 4.78 is 6.16. The predicted molar refractivity (Wildman–Crippen MR) is 99.9 cm³/mol. The summed E-state index contributed by atoms with van der Waals surface area (Å²) in [6.07, 6.45) is 0. The minimum Gasteiger partial charge on any atom is -0.497 e. The van der Waals surface area contributed by atoms with Crippen molar-refractivity contribution in [2.45, 2.75) is 26.8 Å². The molecule has 2 aromatic rings. The topological polar surface area (TPSA) is 95.9 Å². The number of benzene rings is 1.